The van der Waals surface area contributed by atoms with Crippen LogP contribution < -0.4 is 0 Å². The number of pyridine rings is 1. The van der Waals surface area contributed by atoms with Crippen LogP contribution in [-0.4, -0.2) is 4.98 Å². The van der Waals surface area contributed by atoms with Crippen molar-refractivity contribution in [3.8, 4) is 20.9 Å². The summed E-state index contributed by atoms with van der Waals surface area (Å²) in [7, 11) is 0. The van der Waals surface area contributed by atoms with E-state index >= 15 is 0 Å². The van der Waals surface area contributed by atoms with Crippen molar-refractivity contribution >= 4 is 55.1 Å². The number of hydrogen-bond donors (Lipinski definition) is 0. The Morgan fingerprint density at radius 1 is 0.536 bits per heavy atom. The zero-order valence-electron chi connectivity index (χ0n) is 14.9. The first-order chi connectivity index (χ1) is 13.9. The number of benzene rings is 3. The van der Waals surface area contributed by atoms with Gasteiger partial charge in [0.1, 0.15) is 0 Å². The zero-order chi connectivity index (χ0) is 18.5. The van der Waals surface area contributed by atoms with Crippen LogP contribution in [0.1, 0.15) is 0 Å². The molecule has 0 radical (unpaired) electrons. The first-order valence-electron chi connectivity index (χ1n) is 9.22. The van der Waals surface area contributed by atoms with Crippen molar-refractivity contribution in [3.63, 3.8) is 0 Å². The highest BCUT2D eigenvalue weighted by Gasteiger charge is 2.19. The van der Waals surface area contributed by atoms with Crippen molar-refractivity contribution in [1.29, 1.82) is 0 Å². The maximum Gasteiger partial charge on any atom is 0.0708 e. The molecule has 0 unspecified atom stereocenters. The van der Waals surface area contributed by atoms with Crippen LogP contribution in [0.25, 0.3) is 53.3 Å². The van der Waals surface area contributed by atoms with Gasteiger partial charge in [0.05, 0.1) is 5.52 Å². The number of nitrogens with zero attached hydrogens (tertiary/aromatic N) is 1. The van der Waals surface area contributed by atoms with Gasteiger partial charge in [0.25, 0.3) is 0 Å². The largest absolute Gasteiger partial charge is 0.256 e. The molecule has 0 aliphatic rings. The van der Waals surface area contributed by atoms with E-state index in [0.29, 0.717) is 0 Å². The Balaban J connectivity index is 1.96. The molecular formula is C25H15NS2. The van der Waals surface area contributed by atoms with Crippen molar-refractivity contribution < 1.29 is 0 Å². The predicted octanol–water partition coefficient (Wildman–Crippen LogP) is 8.00. The quantitative estimate of drug-likeness (QED) is 0.214. The number of thiophene rings is 2. The zero-order valence-corrected chi connectivity index (χ0v) is 16.6. The molecule has 0 fully saturated rings. The van der Waals surface area contributed by atoms with E-state index < -0.39 is 0 Å². The Kier molecular flexibility index (Phi) is 3.58. The molecule has 132 valence electrons. The van der Waals surface area contributed by atoms with Gasteiger partial charge in [-0.25, -0.2) is 0 Å². The fourth-order valence-corrected chi connectivity index (χ4v) is 5.75. The van der Waals surface area contributed by atoms with Gasteiger partial charge in [-0.05, 0) is 39.7 Å². The highest BCUT2D eigenvalue weighted by molar-refractivity contribution is 7.14. The average Bonchev–Trinajstić information content (AvgIpc) is 3.46. The van der Waals surface area contributed by atoms with E-state index in [-0.39, 0.29) is 0 Å². The fourth-order valence-electron chi connectivity index (χ4n) is 4.16. The van der Waals surface area contributed by atoms with Crippen LogP contribution in [0.2, 0.25) is 0 Å². The summed E-state index contributed by atoms with van der Waals surface area (Å²) in [5, 5.41) is 10.6. The molecule has 0 saturated heterocycles. The minimum atomic E-state index is 1.04. The van der Waals surface area contributed by atoms with E-state index in [0.717, 1.165) is 5.52 Å². The van der Waals surface area contributed by atoms with Crippen molar-refractivity contribution in [2.45, 2.75) is 0 Å². The monoisotopic (exact) mass is 393 g/mol. The van der Waals surface area contributed by atoms with E-state index in [1.165, 1.54) is 47.8 Å². The second kappa shape index (κ2) is 6.26. The normalized spacial score (nSPS) is 11.6. The minimum Gasteiger partial charge on any atom is -0.256 e. The van der Waals surface area contributed by atoms with E-state index in [2.05, 4.69) is 89.8 Å². The number of fused-ring (bicyclic) bond motifs is 4. The molecule has 3 aromatic carbocycles. The van der Waals surface area contributed by atoms with Gasteiger partial charge in [-0.3, -0.25) is 4.98 Å². The molecule has 28 heavy (non-hydrogen) atoms. The lowest BCUT2D eigenvalue weighted by Crippen LogP contribution is -1.91. The Labute approximate surface area is 170 Å². The predicted molar refractivity (Wildman–Crippen MR) is 123 cm³/mol. The van der Waals surface area contributed by atoms with Crippen LogP contribution in [0.5, 0.6) is 0 Å². The summed E-state index contributed by atoms with van der Waals surface area (Å²) in [6, 6.07) is 26.0. The maximum atomic E-state index is 4.82. The number of rotatable bonds is 2. The number of hydrogen-bond acceptors (Lipinski definition) is 3. The first-order valence-corrected chi connectivity index (χ1v) is 11.0. The summed E-state index contributed by atoms with van der Waals surface area (Å²) in [5.41, 5.74) is 3.65. The third kappa shape index (κ3) is 2.27. The minimum absolute atomic E-state index is 1.04. The van der Waals surface area contributed by atoms with Crippen LogP contribution in [-0.2, 0) is 0 Å². The summed E-state index contributed by atoms with van der Waals surface area (Å²) >= 11 is 3.59. The molecule has 0 atom stereocenters. The standard InChI is InChI=1S/C25H15NS2/c1-2-8-17-16(7-1)23(21-11-5-13-27-21)19-15-26-20-10-4-3-9-18(20)24(19)25(17)22-12-6-14-28-22/h1-15H. The van der Waals surface area contributed by atoms with Crippen molar-refractivity contribution in [2.24, 2.45) is 0 Å². The number of aromatic nitrogens is 1. The molecule has 0 aliphatic heterocycles. The van der Waals surface area contributed by atoms with Gasteiger partial charge in [0.15, 0.2) is 0 Å². The molecule has 3 heteroatoms. The Hall–Kier alpha value is -3.01. The Bertz CT molecular complexity index is 1450. The third-order valence-electron chi connectivity index (χ3n) is 5.30. The van der Waals surface area contributed by atoms with Crippen molar-refractivity contribution in [1.82, 2.24) is 4.98 Å². The molecule has 0 bridgehead atoms. The average molecular weight is 394 g/mol. The third-order valence-corrected chi connectivity index (χ3v) is 7.07. The molecule has 3 aromatic heterocycles. The van der Waals surface area contributed by atoms with E-state index in [9.17, 15) is 0 Å². The lowest BCUT2D eigenvalue weighted by atomic mass is 9.89. The SMILES string of the molecule is c1csc(-c2c3ccccc3c(-c3cccs3)c3c2cnc2ccccc23)c1. The lowest BCUT2D eigenvalue weighted by molar-refractivity contribution is 1.45. The Morgan fingerprint density at radius 2 is 1.14 bits per heavy atom. The molecule has 6 aromatic rings. The van der Waals surface area contributed by atoms with E-state index in [1.807, 2.05) is 0 Å². The molecule has 0 N–H and O–H groups in total. The van der Waals surface area contributed by atoms with E-state index in [4.69, 9.17) is 4.98 Å². The molecule has 0 aliphatic carbocycles. The van der Waals surface area contributed by atoms with Gasteiger partial charge in [0, 0.05) is 43.2 Å². The maximum absolute atomic E-state index is 4.82. The molecule has 0 amide bonds. The summed E-state index contributed by atoms with van der Waals surface area (Å²) in [4.78, 5) is 7.41. The van der Waals surface area contributed by atoms with E-state index in [1.54, 1.807) is 22.7 Å². The van der Waals surface area contributed by atoms with Crippen molar-refractivity contribution in [3.05, 3.63) is 89.8 Å². The van der Waals surface area contributed by atoms with Gasteiger partial charge in [-0.15, -0.1) is 22.7 Å². The van der Waals surface area contributed by atoms with Crippen molar-refractivity contribution in [2.75, 3.05) is 0 Å². The highest BCUT2D eigenvalue weighted by atomic mass is 32.1. The fraction of sp³-hybridized carbons (Fsp3) is 0. The molecular weight excluding hydrogens is 378 g/mol. The van der Waals surface area contributed by atoms with Crippen LogP contribution in [0.15, 0.2) is 89.8 Å². The number of para-hydroxylation sites is 1. The van der Waals surface area contributed by atoms with Gasteiger partial charge in [-0.2, -0.15) is 0 Å². The summed E-state index contributed by atoms with van der Waals surface area (Å²) in [5.74, 6) is 0. The molecule has 1 nitrogen and oxygen atoms in total. The smallest absolute Gasteiger partial charge is 0.0708 e. The summed E-state index contributed by atoms with van der Waals surface area (Å²) in [6.07, 6.45) is 2.07. The second-order valence-electron chi connectivity index (χ2n) is 6.81. The van der Waals surface area contributed by atoms with Gasteiger partial charge in [0.2, 0.25) is 0 Å². The van der Waals surface area contributed by atoms with Crippen LogP contribution in [0.3, 0.4) is 0 Å². The molecule has 6 rings (SSSR count). The first kappa shape index (κ1) is 16.0. The summed E-state index contributed by atoms with van der Waals surface area (Å²) in [6.45, 7) is 0. The lowest BCUT2D eigenvalue weighted by Gasteiger charge is -2.17. The van der Waals surface area contributed by atoms with Gasteiger partial charge in [-0.1, -0.05) is 54.6 Å². The summed E-state index contributed by atoms with van der Waals surface area (Å²) < 4.78 is 0. The molecule has 3 heterocycles. The topological polar surface area (TPSA) is 12.9 Å². The second-order valence-corrected chi connectivity index (χ2v) is 8.71. The van der Waals surface area contributed by atoms with Crippen LogP contribution in [0.4, 0.5) is 0 Å². The highest BCUT2D eigenvalue weighted by Crippen LogP contribution is 2.47. The molecule has 0 saturated carbocycles. The Morgan fingerprint density at radius 3 is 1.82 bits per heavy atom. The van der Waals surface area contributed by atoms with Crippen LogP contribution >= 0.6 is 22.7 Å². The van der Waals surface area contributed by atoms with Gasteiger partial charge < -0.3 is 0 Å². The molecule has 0 spiro atoms. The van der Waals surface area contributed by atoms with Gasteiger partial charge >= 0.3 is 0 Å². The van der Waals surface area contributed by atoms with Crippen LogP contribution in [0, 0.1) is 0 Å².